The Hall–Kier alpha value is -2.14. The van der Waals surface area contributed by atoms with Gasteiger partial charge >= 0.3 is 0 Å². The van der Waals surface area contributed by atoms with E-state index >= 15 is 0 Å². The SMILES string of the molecule is C[C@@H](NC(=O)Cc1ccc(N2CCCC2=O)cc1)c1ccc(Br)cc1. The van der Waals surface area contributed by atoms with Crippen LogP contribution in [0.2, 0.25) is 0 Å². The number of carbonyl (C=O) groups is 2. The molecule has 1 heterocycles. The first kappa shape index (κ1) is 17.7. The Morgan fingerprint density at radius 2 is 1.84 bits per heavy atom. The molecule has 0 radical (unpaired) electrons. The zero-order chi connectivity index (χ0) is 17.8. The Morgan fingerprint density at radius 3 is 2.44 bits per heavy atom. The quantitative estimate of drug-likeness (QED) is 0.824. The van der Waals surface area contributed by atoms with Crippen molar-refractivity contribution in [1.29, 1.82) is 0 Å². The second-order valence-electron chi connectivity index (χ2n) is 6.33. The molecule has 1 saturated heterocycles. The van der Waals surface area contributed by atoms with Crippen LogP contribution in [0.15, 0.2) is 53.0 Å². The van der Waals surface area contributed by atoms with Crippen molar-refractivity contribution in [3.05, 3.63) is 64.1 Å². The molecule has 1 aliphatic rings. The first-order valence-electron chi connectivity index (χ1n) is 8.47. The molecule has 1 fully saturated rings. The van der Waals surface area contributed by atoms with Crippen LogP contribution in [-0.2, 0) is 16.0 Å². The van der Waals surface area contributed by atoms with Crippen LogP contribution in [-0.4, -0.2) is 18.4 Å². The van der Waals surface area contributed by atoms with Crippen LogP contribution in [0.4, 0.5) is 5.69 Å². The maximum Gasteiger partial charge on any atom is 0.227 e. The Labute approximate surface area is 156 Å². The van der Waals surface area contributed by atoms with E-state index in [9.17, 15) is 9.59 Å². The van der Waals surface area contributed by atoms with Gasteiger partial charge in [0.2, 0.25) is 11.8 Å². The van der Waals surface area contributed by atoms with Gasteiger partial charge in [0.1, 0.15) is 0 Å². The third-order valence-electron chi connectivity index (χ3n) is 4.43. The fourth-order valence-electron chi connectivity index (χ4n) is 3.03. The van der Waals surface area contributed by atoms with Crippen molar-refractivity contribution in [2.24, 2.45) is 0 Å². The van der Waals surface area contributed by atoms with Crippen LogP contribution in [0.1, 0.15) is 36.9 Å². The lowest BCUT2D eigenvalue weighted by atomic mass is 10.1. The number of rotatable bonds is 5. The highest BCUT2D eigenvalue weighted by molar-refractivity contribution is 9.10. The van der Waals surface area contributed by atoms with Crippen molar-refractivity contribution in [1.82, 2.24) is 5.32 Å². The molecule has 5 heteroatoms. The summed E-state index contributed by atoms with van der Waals surface area (Å²) in [6.07, 6.45) is 1.87. The summed E-state index contributed by atoms with van der Waals surface area (Å²) < 4.78 is 1.02. The van der Waals surface area contributed by atoms with Crippen molar-refractivity contribution in [2.75, 3.05) is 11.4 Å². The van der Waals surface area contributed by atoms with E-state index in [0.29, 0.717) is 12.8 Å². The number of carbonyl (C=O) groups excluding carboxylic acids is 2. The van der Waals surface area contributed by atoms with Gasteiger partial charge in [-0.25, -0.2) is 0 Å². The molecule has 0 spiro atoms. The first-order valence-corrected chi connectivity index (χ1v) is 9.26. The van der Waals surface area contributed by atoms with Crippen molar-refractivity contribution in [2.45, 2.75) is 32.2 Å². The van der Waals surface area contributed by atoms with Gasteiger partial charge in [-0.15, -0.1) is 0 Å². The molecular formula is C20H21BrN2O2. The van der Waals surface area contributed by atoms with Crippen molar-refractivity contribution in [3.8, 4) is 0 Å². The number of hydrogen-bond acceptors (Lipinski definition) is 2. The van der Waals surface area contributed by atoms with E-state index in [1.165, 1.54) is 0 Å². The molecule has 1 aliphatic heterocycles. The zero-order valence-electron chi connectivity index (χ0n) is 14.2. The third kappa shape index (κ3) is 4.48. The van der Waals surface area contributed by atoms with Gasteiger partial charge in [-0.1, -0.05) is 40.2 Å². The van der Waals surface area contributed by atoms with Gasteiger partial charge in [0.25, 0.3) is 0 Å². The molecular weight excluding hydrogens is 380 g/mol. The van der Waals surface area contributed by atoms with Gasteiger partial charge < -0.3 is 10.2 Å². The smallest absolute Gasteiger partial charge is 0.227 e. The summed E-state index contributed by atoms with van der Waals surface area (Å²) in [7, 11) is 0. The minimum atomic E-state index is -0.0397. The average Bonchev–Trinajstić information content (AvgIpc) is 3.02. The molecule has 0 aromatic heterocycles. The summed E-state index contributed by atoms with van der Waals surface area (Å²) in [6.45, 7) is 2.76. The lowest BCUT2D eigenvalue weighted by molar-refractivity contribution is -0.121. The van der Waals surface area contributed by atoms with Crippen molar-refractivity contribution in [3.63, 3.8) is 0 Å². The molecule has 130 valence electrons. The van der Waals surface area contributed by atoms with E-state index in [4.69, 9.17) is 0 Å². The van der Waals surface area contributed by atoms with Crippen LogP contribution in [0.25, 0.3) is 0 Å². The van der Waals surface area contributed by atoms with Crippen LogP contribution in [0.3, 0.4) is 0 Å². The fraction of sp³-hybridized carbons (Fsp3) is 0.300. The van der Waals surface area contributed by atoms with Gasteiger partial charge in [-0.3, -0.25) is 9.59 Å². The first-order chi connectivity index (χ1) is 12.0. The highest BCUT2D eigenvalue weighted by atomic mass is 79.9. The largest absolute Gasteiger partial charge is 0.349 e. The molecule has 0 bridgehead atoms. The lowest BCUT2D eigenvalue weighted by Crippen LogP contribution is -2.28. The summed E-state index contributed by atoms with van der Waals surface area (Å²) in [6, 6.07) is 15.6. The van der Waals surface area contributed by atoms with E-state index in [2.05, 4.69) is 21.2 Å². The predicted molar refractivity (Wildman–Crippen MR) is 102 cm³/mol. The van der Waals surface area contributed by atoms with Crippen LogP contribution in [0.5, 0.6) is 0 Å². The Kier molecular flexibility index (Phi) is 5.53. The van der Waals surface area contributed by atoms with E-state index in [0.717, 1.165) is 34.3 Å². The summed E-state index contributed by atoms with van der Waals surface area (Å²) in [5, 5.41) is 3.02. The number of hydrogen-bond donors (Lipinski definition) is 1. The normalized spacial score (nSPS) is 15.3. The topological polar surface area (TPSA) is 49.4 Å². The number of amides is 2. The Morgan fingerprint density at radius 1 is 1.16 bits per heavy atom. The number of halogens is 1. The van der Waals surface area contributed by atoms with Crippen LogP contribution < -0.4 is 10.2 Å². The van der Waals surface area contributed by atoms with Gasteiger partial charge in [-0.05, 0) is 48.7 Å². The predicted octanol–water partition coefficient (Wildman–Crippen LogP) is 4.00. The van der Waals surface area contributed by atoms with E-state index in [1.807, 2.05) is 55.5 Å². The maximum absolute atomic E-state index is 12.3. The highest BCUT2D eigenvalue weighted by Gasteiger charge is 2.21. The molecule has 25 heavy (non-hydrogen) atoms. The van der Waals surface area contributed by atoms with Crippen LogP contribution in [0, 0.1) is 0 Å². The van der Waals surface area contributed by atoms with Gasteiger partial charge in [0.15, 0.2) is 0 Å². The average molecular weight is 401 g/mol. The summed E-state index contributed by atoms with van der Waals surface area (Å²) in [5.74, 6) is 0.161. The lowest BCUT2D eigenvalue weighted by Gasteiger charge is -2.17. The molecule has 2 amide bonds. The molecule has 1 N–H and O–H groups in total. The minimum Gasteiger partial charge on any atom is -0.349 e. The highest BCUT2D eigenvalue weighted by Crippen LogP contribution is 2.22. The monoisotopic (exact) mass is 400 g/mol. The minimum absolute atomic E-state index is 0.0135. The summed E-state index contributed by atoms with van der Waals surface area (Å²) >= 11 is 3.41. The second kappa shape index (κ2) is 7.83. The van der Waals surface area contributed by atoms with Crippen LogP contribution >= 0.6 is 15.9 Å². The van der Waals surface area contributed by atoms with E-state index < -0.39 is 0 Å². The van der Waals surface area contributed by atoms with E-state index in [-0.39, 0.29) is 17.9 Å². The molecule has 2 aromatic rings. The molecule has 2 aromatic carbocycles. The molecule has 1 atom stereocenters. The van der Waals surface area contributed by atoms with Crippen molar-refractivity contribution >= 4 is 33.4 Å². The molecule has 0 unspecified atom stereocenters. The fourth-order valence-corrected chi connectivity index (χ4v) is 3.29. The molecule has 0 aliphatic carbocycles. The second-order valence-corrected chi connectivity index (χ2v) is 7.25. The standard InChI is InChI=1S/C20H21BrN2O2/c1-14(16-6-8-17(21)9-7-16)22-19(24)13-15-4-10-18(11-5-15)23-12-2-3-20(23)25/h4-11,14H,2-3,12-13H2,1H3,(H,22,24)/t14-/m1/s1. The summed E-state index contributed by atoms with van der Waals surface area (Å²) in [5.41, 5.74) is 2.92. The third-order valence-corrected chi connectivity index (χ3v) is 4.96. The van der Waals surface area contributed by atoms with Gasteiger partial charge in [-0.2, -0.15) is 0 Å². The van der Waals surface area contributed by atoms with Gasteiger partial charge in [0.05, 0.1) is 12.5 Å². The van der Waals surface area contributed by atoms with Gasteiger partial charge in [0, 0.05) is 23.1 Å². The number of nitrogens with one attached hydrogen (secondary N) is 1. The molecule has 3 rings (SSSR count). The molecule has 0 saturated carbocycles. The summed E-state index contributed by atoms with van der Waals surface area (Å²) in [4.78, 5) is 25.8. The Balaban J connectivity index is 1.57. The zero-order valence-corrected chi connectivity index (χ0v) is 15.8. The number of nitrogens with zero attached hydrogens (tertiary/aromatic N) is 1. The maximum atomic E-state index is 12.3. The number of benzene rings is 2. The van der Waals surface area contributed by atoms with Crippen molar-refractivity contribution < 1.29 is 9.59 Å². The molecule has 4 nitrogen and oxygen atoms in total. The number of anilines is 1. The van der Waals surface area contributed by atoms with E-state index in [1.54, 1.807) is 4.90 Å². The Bertz CT molecular complexity index is 756.